The maximum Gasteiger partial charge on any atom is 0.183 e. The van der Waals surface area contributed by atoms with Crippen LogP contribution in [-0.4, -0.2) is 19.9 Å². The van der Waals surface area contributed by atoms with Gasteiger partial charge in [0.1, 0.15) is 11.3 Å². The summed E-state index contributed by atoms with van der Waals surface area (Å²) in [5.41, 5.74) is 7.01. The van der Waals surface area contributed by atoms with Crippen LogP contribution in [0.3, 0.4) is 0 Å². The molecule has 0 spiro atoms. The molecule has 0 aliphatic carbocycles. The highest BCUT2D eigenvalue weighted by atomic mass is 15.0. The molecule has 12 heavy (non-hydrogen) atoms. The van der Waals surface area contributed by atoms with E-state index in [2.05, 4.69) is 19.9 Å². The first-order valence-electron chi connectivity index (χ1n) is 3.76. The van der Waals surface area contributed by atoms with Gasteiger partial charge < -0.3 is 10.7 Å². The molecular formula is C7H9N5. The molecule has 0 unspecified atom stereocenters. The number of H-pyrrole nitrogens is 1. The van der Waals surface area contributed by atoms with Gasteiger partial charge in [-0.1, -0.05) is 6.92 Å². The molecule has 5 heteroatoms. The number of hydrogen-bond donors (Lipinski definition) is 2. The van der Waals surface area contributed by atoms with Gasteiger partial charge in [-0.3, -0.25) is 0 Å². The standard InChI is InChI=1S/C7H9N5/c1-2-4-11-6(8)5-7(12-4)10-3-9-5/h3H,2H2,1H3,(H3,8,9,10,11,12). The number of hydrogen-bond acceptors (Lipinski definition) is 4. The van der Waals surface area contributed by atoms with Gasteiger partial charge in [-0.2, -0.15) is 0 Å². The maximum atomic E-state index is 5.65. The van der Waals surface area contributed by atoms with Crippen LogP contribution in [0.15, 0.2) is 6.33 Å². The number of anilines is 1. The fraction of sp³-hybridized carbons (Fsp3) is 0.286. The summed E-state index contributed by atoms with van der Waals surface area (Å²) in [5, 5.41) is 0. The Kier molecular flexibility index (Phi) is 1.43. The Morgan fingerprint density at radius 2 is 2.33 bits per heavy atom. The van der Waals surface area contributed by atoms with Crippen LogP contribution >= 0.6 is 0 Å². The SMILES string of the molecule is CCc1nc(N)c2[nH]cnc2n1. The van der Waals surface area contributed by atoms with E-state index in [1.807, 2.05) is 6.92 Å². The van der Waals surface area contributed by atoms with E-state index < -0.39 is 0 Å². The first kappa shape index (κ1) is 7.02. The number of rotatable bonds is 1. The van der Waals surface area contributed by atoms with Crippen molar-refractivity contribution >= 4 is 17.0 Å². The molecule has 0 bridgehead atoms. The van der Waals surface area contributed by atoms with Crippen molar-refractivity contribution in [2.24, 2.45) is 0 Å². The van der Waals surface area contributed by atoms with E-state index in [4.69, 9.17) is 5.73 Å². The average molecular weight is 163 g/mol. The van der Waals surface area contributed by atoms with Crippen molar-refractivity contribution in [1.29, 1.82) is 0 Å². The van der Waals surface area contributed by atoms with Gasteiger partial charge in [0, 0.05) is 6.42 Å². The minimum absolute atomic E-state index is 0.467. The topological polar surface area (TPSA) is 80.5 Å². The molecule has 5 nitrogen and oxygen atoms in total. The van der Waals surface area contributed by atoms with Gasteiger partial charge >= 0.3 is 0 Å². The van der Waals surface area contributed by atoms with Crippen LogP contribution in [0.1, 0.15) is 12.7 Å². The molecule has 0 atom stereocenters. The summed E-state index contributed by atoms with van der Waals surface area (Å²) in [6.45, 7) is 1.98. The van der Waals surface area contributed by atoms with Gasteiger partial charge in [-0.05, 0) is 0 Å². The monoisotopic (exact) mass is 163 g/mol. The lowest BCUT2D eigenvalue weighted by atomic mass is 10.4. The fourth-order valence-electron chi connectivity index (χ4n) is 1.06. The van der Waals surface area contributed by atoms with Crippen LogP contribution in [0, 0.1) is 0 Å². The summed E-state index contributed by atoms with van der Waals surface area (Å²) in [6, 6.07) is 0. The lowest BCUT2D eigenvalue weighted by Crippen LogP contribution is -1.99. The van der Waals surface area contributed by atoms with Crippen molar-refractivity contribution in [3.05, 3.63) is 12.2 Å². The third-order valence-electron chi connectivity index (χ3n) is 1.68. The smallest absolute Gasteiger partial charge is 0.183 e. The Bertz CT molecular complexity index is 405. The Balaban J connectivity index is 2.75. The van der Waals surface area contributed by atoms with E-state index >= 15 is 0 Å². The second-order valence-corrected chi connectivity index (χ2v) is 2.48. The molecule has 0 saturated carbocycles. The summed E-state index contributed by atoms with van der Waals surface area (Å²) in [5.74, 6) is 1.20. The predicted octanol–water partition coefficient (Wildman–Crippen LogP) is 0.497. The second kappa shape index (κ2) is 2.44. The average Bonchev–Trinajstić information content (AvgIpc) is 2.52. The number of fused-ring (bicyclic) bond motifs is 1. The largest absolute Gasteiger partial charge is 0.382 e. The van der Waals surface area contributed by atoms with Crippen molar-refractivity contribution in [2.45, 2.75) is 13.3 Å². The zero-order valence-electron chi connectivity index (χ0n) is 6.70. The van der Waals surface area contributed by atoms with E-state index in [1.54, 1.807) is 6.33 Å². The molecule has 2 aromatic heterocycles. The summed E-state index contributed by atoms with van der Waals surface area (Å²) in [4.78, 5) is 15.1. The van der Waals surface area contributed by atoms with Crippen LogP contribution in [-0.2, 0) is 6.42 Å². The number of nitrogens with one attached hydrogen (secondary N) is 1. The molecule has 0 fully saturated rings. The quantitative estimate of drug-likeness (QED) is 0.641. The molecule has 2 heterocycles. The Labute approximate surface area is 69.1 Å². The molecule has 2 rings (SSSR count). The third-order valence-corrected chi connectivity index (χ3v) is 1.68. The van der Waals surface area contributed by atoms with Crippen LogP contribution in [0.4, 0.5) is 5.82 Å². The molecule has 0 aliphatic heterocycles. The van der Waals surface area contributed by atoms with E-state index in [-0.39, 0.29) is 0 Å². The first-order valence-corrected chi connectivity index (χ1v) is 3.76. The lowest BCUT2D eigenvalue weighted by Gasteiger charge is -1.97. The van der Waals surface area contributed by atoms with Gasteiger partial charge in [0.05, 0.1) is 6.33 Å². The zero-order chi connectivity index (χ0) is 8.55. The number of imidazole rings is 1. The minimum atomic E-state index is 0.467. The van der Waals surface area contributed by atoms with Gasteiger partial charge in [-0.25, -0.2) is 15.0 Å². The van der Waals surface area contributed by atoms with Crippen molar-refractivity contribution in [2.75, 3.05) is 5.73 Å². The van der Waals surface area contributed by atoms with Gasteiger partial charge in [-0.15, -0.1) is 0 Å². The summed E-state index contributed by atoms with van der Waals surface area (Å²) >= 11 is 0. The number of nitrogen functional groups attached to an aromatic ring is 1. The summed E-state index contributed by atoms with van der Waals surface area (Å²) in [7, 11) is 0. The van der Waals surface area contributed by atoms with Crippen molar-refractivity contribution < 1.29 is 0 Å². The number of aryl methyl sites for hydroxylation is 1. The third kappa shape index (κ3) is 0.903. The minimum Gasteiger partial charge on any atom is -0.382 e. The molecule has 3 N–H and O–H groups in total. The van der Waals surface area contributed by atoms with Crippen molar-refractivity contribution in [3.63, 3.8) is 0 Å². The number of nitrogens with zero attached hydrogens (tertiary/aromatic N) is 3. The molecule has 0 aliphatic rings. The summed E-state index contributed by atoms with van der Waals surface area (Å²) in [6.07, 6.45) is 2.34. The molecule has 0 amide bonds. The Morgan fingerprint density at radius 1 is 1.50 bits per heavy atom. The highest BCUT2D eigenvalue weighted by Crippen LogP contribution is 2.12. The Morgan fingerprint density at radius 3 is 3.08 bits per heavy atom. The van der Waals surface area contributed by atoms with Crippen LogP contribution in [0.25, 0.3) is 11.2 Å². The van der Waals surface area contributed by atoms with Crippen LogP contribution in [0.2, 0.25) is 0 Å². The number of aromatic nitrogens is 4. The highest BCUT2D eigenvalue weighted by molar-refractivity contribution is 5.80. The van der Waals surface area contributed by atoms with Gasteiger partial charge in [0.15, 0.2) is 11.5 Å². The zero-order valence-corrected chi connectivity index (χ0v) is 6.70. The summed E-state index contributed by atoms with van der Waals surface area (Å²) < 4.78 is 0. The molecule has 0 aromatic carbocycles. The molecule has 2 aromatic rings. The van der Waals surface area contributed by atoms with Crippen molar-refractivity contribution in [1.82, 2.24) is 19.9 Å². The molecule has 0 saturated heterocycles. The predicted molar refractivity (Wildman–Crippen MR) is 45.5 cm³/mol. The van der Waals surface area contributed by atoms with E-state index in [0.717, 1.165) is 12.2 Å². The van der Waals surface area contributed by atoms with Gasteiger partial charge in [0.25, 0.3) is 0 Å². The normalized spacial score (nSPS) is 10.8. The van der Waals surface area contributed by atoms with E-state index in [0.29, 0.717) is 17.0 Å². The molecular weight excluding hydrogens is 154 g/mol. The first-order chi connectivity index (χ1) is 5.81. The maximum absolute atomic E-state index is 5.65. The van der Waals surface area contributed by atoms with E-state index in [1.165, 1.54) is 0 Å². The highest BCUT2D eigenvalue weighted by Gasteiger charge is 2.04. The lowest BCUT2D eigenvalue weighted by molar-refractivity contribution is 0.960. The molecule has 0 radical (unpaired) electrons. The number of aromatic amines is 1. The molecule has 62 valence electrons. The van der Waals surface area contributed by atoms with Crippen LogP contribution < -0.4 is 5.73 Å². The second-order valence-electron chi connectivity index (χ2n) is 2.48. The van der Waals surface area contributed by atoms with Crippen LogP contribution in [0.5, 0.6) is 0 Å². The van der Waals surface area contributed by atoms with E-state index in [9.17, 15) is 0 Å². The number of nitrogens with two attached hydrogens (primary N) is 1. The fourth-order valence-corrected chi connectivity index (χ4v) is 1.06. The van der Waals surface area contributed by atoms with Gasteiger partial charge in [0.2, 0.25) is 0 Å². The van der Waals surface area contributed by atoms with Crippen molar-refractivity contribution in [3.8, 4) is 0 Å². The Hall–Kier alpha value is -1.65.